The van der Waals surface area contributed by atoms with Crippen LogP contribution in [0.1, 0.15) is 37.3 Å². The number of likely N-dealkylation sites (tertiary alicyclic amines) is 1. The van der Waals surface area contributed by atoms with Crippen molar-refractivity contribution >= 4 is 5.91 Å². The summed E-state index contributed by atoms with van der Waals surface area (Å²) in [6.07, 6.45) is 3.53. The van der Waals surface area contributed by atoms with Gasteiger partial charge in [-0.25, -0.2) is 0 Å². The van der Waals surface area contributed by atoms with Gasteiger partial charge in [-0.1, -0.05) is 12.1 Å². The van der Waals surface area contributed by atoms with Crippen LogP contribution < -0.4 is 14.8 Å². The molecule has 1 N–H and O–H groups in total. The molecule has 1 aromatic rings. The Kier molecular flexibility index (Phi) is 4.83. The first-order valence-electron chi connectivity index (χ1n) is 8.14. The molecule has 0 aromatic heterocycles. The van der Waals surface area contributed by atoms with Crippen LogP contribution in [0, 0.1) is 0 Å². The summed E-state index contributed by atoms with van der Waals surface area (Å²) >= 11 is 0. The molecule has 0 spiro atoms. The second-order valence-electron chi connectivity index (χ2n) is 5.82. The van der Waals surface area contributed by atoms with Crippen molar-refractivity contribution in [1.82, 2.24) is 10.2 Å². The van der Waals surface area contributed by atoms with Crippen molar-refractivity contribution in [3.05, 3.63) is 23.8 Å². The third-order valence-electron chi connectivity index (χ3n) is 4.35. The van der Waals surface area contributed by atoms with E-state index in [2.05, 4.69) is 11.4 Å². The number of nitrogens with one attached hydrogen (secondary N) is 1. The largest absolute Gasteiger partial charge is 0.486 e. The minimum absolute atomic E-state index is 0.124. The number of carbonyl (C=O) groups excluding carboxylic acids is 1. The number of fused-ring (bicyclic) bond motifs is 1. The van der Waals surface area contributed by atoms with Gasteiger partial charge in [0.1, 0.15) is 13.2 Å². The second kappa shape index (κ2) is 7.01. The summed E-state index contributed by atoms with van der Waals surface area (Å²) in [6, 6.07) is 6.12. The van der Waals surface area contributed by atoms with Gasteiger partial charge in [0.25, 0.3) is 0 Å². The van der Waals surface area contributed by atoms with Crippen LogP contribution in [0.25, 0.3) is 0 Å². The Hall–Kier alpha value is -1.75. The molecule has 1 fully saturated rings. The minimum atomic E-state index is 0.124. The van der Waals surface area contributed by atoms with Crippen LogP contribution >= 0.6 is 0 Å². The lowest BCUT2D eigenvalue weighted by atomic mass is 10.0. The first kappa shape index (κ1) is 15.2. The Bertz CT molecular complexity index is 533. The molecule has 2 heterocycles. The fraction of sp³-hybridized carbons (Fsp3) is 0.588. The first-order valence-corrected chi connectivity index (χ1v) is 8.14. The van der Waals surface area contributed by atoms with Crippen LogP contribution in [0.15, 0.2) is 18.2 Å². The van der Waals surface area contributed by atoms with Crippen molar-refractivity contribution in [1.29, 1.82) is 0 Å². The molecule has 1 saturated heterocycles. The number of hydrogen-bond acceptors (Lipinski definition) is 4. The van der Waals surface area contributed by atoms with Gasteiger partial charge >= 0.3 is 0 Å². The van der Waals surface area contributed by atoms with Gasteiger partial charge in [-0.15, -0.1) is 0 Å². The molecular formula is C17H24N2O3. The van der Waals surface area contributed by atoms with Crippen molar-refractivity contribution in [2.24, 2.45) is 0 Å². The Labute approximate surface area is 131 Å². The van der Waals surface area contributed by atoms with E-state index in [9.17, 15) is 4.79 Å². The highest BCUT2D eigenvalue weighted by molar-refractivity contribution is 5.77. The Morgan fingerprint density at radius 2 is 2.23 bits per heavy atom. The molecule has 1 atom stereocenters. The van der Waals surface area contributed by atoms with Crippen molar-refractivity contribution < 1.29 is 14.3 Å². The van der Waals surface area contributed by atoms with Gasteiger partial charge in [0.15, 0.2) is 11.5 Å². The molecule has 120 valence electrons. The molecule has 2 aliphatic rings. The van der Waals surface area contributed by atoms with E-state index in [1.807, 2.05) is 24.1 Å². The maximum Gasteiger partial charge on any atom is 0.223 e. The van der Waals surface area contributed by atoms with Crippen LogP contribution in [-0.2, 0) is 4.79 Å². The Morgan fingerprint density at radius 1 is 1.36 bits per heavy atom. The molecule has 0 saturated carbocycles. The highest BCUT2D eigenvalue weighted by Gasteiger charge is 2.33. The molecule has 0 radical (unpaired) electrons. The van der Waals surface area contributed by atoms with Crippen LogP contribution in [0.4, 0.5) is 0 Å². The number of rotatable bonds is 5. The van der Waals surface area contributed by atoms with E-state index in [1.165, 1.54) is 0 Å². The maximum atomic E-state index is 12.5. The smallest absolute Gasteiger partial charge is 0.223 e. The fourth-order valence-corrected chi connectivity index (χ4v) is 3.31. The molecule has 0 bridgehead atoms. The SMILES string of the molecule is CNCCCC(=O)N1CCCC1c1cccc2c1OCCO2. The maximum absolute atomic E-state index is 12.5. The number of benzene rings is 1. The lowest BCUT2D eigenvalue weighted by Crippen LogP contribution is -2.31. The Balaban J connectivity index is 1.77. The summed E-state index contributed by atoms with van der Waals surface area (Å²) in [5.41, 5.74) is 1.09. The number of carbonyl (C=O) groups is 1. The first-order chi connectivity index (χ1) is 10.8. The monoisotopic (exact) mass is 304 g/mol. The van der Waals surface area contributed by atoms with Crippen LogP contribution in [0.2, 0.25) is 0 Å². The zero-order chi connectivity index (χ0) is 15.4. The van der Waals surface area contributed by atoms with E-state index < -0.39 is 0 Å². The van der Waals surface area contributed by atoms with Gasteiger partial charge in [-0.05, 0) is 38.9 Å². The molecule has 1 unspecified atom stereocenters. The fourth-order valence-electron chi connectivity index (χ4n) is 3.31. The molecule has 22 heavy (non-hydrogen) atoms. The zero-order valence-corrected chi connectivity index (χ0v) is 13.1. The van der Waals surface area contributed by atoms with Gasteiger partial charge in [0.05, 0.1) is 6.04 Å². The molecule has 1 amide bonds. The quantitative estimate of drug-likeness (QED) is 0.847. The summed E-state index contributed by atoms with van der Waals surface area (Å²) in [6.45, 7) is 2.89. The van der Waals surface area contributed by atoms with E-state index >= 15 is 0 Å². The van der Waals surface area contributed by atoms with Crippen LogP contribution in [-0.4, -0.2) is 44.2 Å². The van der Waals surface area contributed by atoms with E-state index in [1.54, 1.807) is 0 Å². The summed E-state index contributed by atoms with van der Waals surface area (Å²) in [4.78, 5) is 14.5. The summed E-state index contributed by atoms with van der Waals surface area (Å²) in [5.74, 6) is 1.87. The summed E-state index contributed by atoms with van der Waals surface area (Å²) in [7, 11) is 1.91. The topological polar surface area (TPSA) is 50.8 Å². The number of amides is 1. The van der Waals surface area contributed by atoms with Crippen molar-refractivity contribution in [2.45, 2.75) is 31.7 Å². The number of ether oxygens (including phenoxy) is 2. The van der Waals surface area contributed by atoms with Crippen molar-refractivity contribution in [3.8, 4) is 11.5 Å². The average molecular weight is 304 g/mol. The lowest BCUT2D eigenvalue weighted by molar-refractivity contribution is -0.132. The molecule has 2 aliphatic heterocycles. The molecular weight excluding hydrogens is 280 g/mol. The van der Waals surface area contributed by atoms with E-state index in [4.69, 9.17) is 9.47 Å². The van der Waals surface area contributed by atoms with Crippen molar-refractivity contribution in [3.63, 3.8) is 0 Å². The average Bonchev–Trinajstić information content (AvgIpc) is 3.04. The van der Waals surface area contributed by atoms with Gasteiger partial charge in [-0.3, -0.25) is 4.79 Å². The second-order valence-corrected chi connectivity index (χ2v) is 5.82. The van der Waals surface area contributed by atoms with Gasteiger partial charge in [0.2, 0.25) is 5.91 Å². The highest BCUT2D eigenvalue weighted by atomic mass is 16.6. The van der Waals surface area contributed by atoms with Crippen molar-refractivity contribution in [2.75, 3.05) is 33.4 Å². The van der Waals surface area contributed by atoms with Crippen LogP contribution in [0.5, 0.6) is 11.5 Å². The molecule has 5 heteroatoms. The van der Waals surface area contributed by atoms with Crippen LogP contribution in [0.3, 0.4) is 0 Å². The van der Waals surface area contributed by atoms with Gasteiger partial charge in [0, 0.05) is 18.5 Å². The predicted molar refractivity (Wildman–Crippen MR) is 84.3 cm³/mol. The summed E-state index contributed by atoms with van der Waals surface area (Å²) < 4.78 is 11.5. The Morgan fingerprint density at radius 3 is 3.09 bits per heavy atom. The number of hydrogen-bond donors (Lipinski definition) is 1. The number of nitrogens with zero attached hydrogens (tertiary/aromatic N) is 1. The van der Waals surface area contributed by atoms with Gasteiger partial charge < -0.3 is 19.7 Å². The van der Waals surface area contributed by atoms with Gasteiger partial charge in [-0.2, -0.15) is 0 Å². The minimum Gasteiger partial charge on any atom is -0.486 e. The molecule has 0 aliphatic carbocycles. The normalized spacial score (nSPS) is 20.2. The third-order valence-corrected chi connectivity index (χ3v) is 4.35. The van der Waals surface area contributed by atoms with E-state index in [-0.39, 0.29) is 11.9 Å². The highest BCUT2D eigenvalue weighted by Crippen LogP contribution is 2.42. The van der Waals surface area contributed by atoms with E-state index in [0.29, 0.717) is 19.6 Å². The zero-order valence-electron chi connectivity index (χ0n) is 13.1. The summed E-state index contributed by atoms with van der Waals surface area (Å²) in [5, 5.41) is 3.09. The molecule has 1 aromatic carbocycles. The molecule has 5 nitrogen and oxygen atoms in total. The molecule has 3 rings (SSSR count). The standard InChI is InChI=1S/C17H24N2O3/c1-18-9-3-8-16(20)19-10-4-6-14(19)13-5-2-7-15-17(13)22-12-11-21-15/h2,5,7,14,18H,3-4,6,8-12H2,1H3. The van der Waals surface area contributed by atoms with E-state index in [0.717, 1.165) is 49.4 Å². The third kappa shape index (κ3) is 3.04. The lowest BCUT2D eigenvalue weighted by Gasteiger charge is -2.29. The predicted octanol–water partition coefficient (Wildman–Crippen LogP) is 2.12. The number of para-hydroxylation sites is 1.